The smallest absolute Gasteiger partial charge is 0.340 e. The second kappa shape index (κ2) is 4.82. The number of halogens is 2. The molecule has 0 saturated heterocycles. The van der Waals surface area contributed by atoms with Gasteiger partial charge in [0, 0.05) is 18.0 Å². The number of H-pyrrole nitrogens is 1. The average molecular weight is 270 g/mol. The molecule has 0 aliphatic carbocycles. The number of benzene rings is 1. The molecule has 0 bridgehead atoms. The van der Waals surface area contributed by atoms with Crippen molar-refractivity contribution in [3.05, 3.63) is 46.2 Å². The summed E-state index contributed by atoms with van der Waals surface area (Å²) in [4.78, 5) is 14.4. The molecule has 3 nitrogen and oxygen atoms in total. The molecule has 0 saturated carbocycles. The molecule has 0 amide bonds. The zero-order valence-electron chi connectivity index (χ0n) is 8.96. The van der Waals surface area contributed by atoms with Gasteiger partial charge in [-0.25, -0.2) is 4.79 Å². The summed E-state index contributed by atoms with van der Waals surface area (Å²) < 4.78 is 4.69. The van der Waals surface area contributed by atoms with Crippen LogP contribution in [0, 0.1) is 0 Å². The van der Waals surface area contributed by atoms with E-state index in [1.165, 1.54) is 7.11 Å². The molecule has 2 rings (SSSR count). The molecule has 0 atom stereocenters. The van der Waals surface area contributed by atoms with Crippen molar-refractivity contribution in [3.63, 3.8) is 0 Å². The van der Waals surface area contributed by atoms with Gasteiger partial charge in [0.05, 0.1) is 22.7 Å². The quantitative estimate of drug-likeness (QED) is 0.844. The largest absolute Gasteiger partial charge is 0.465 e. The highest BCUT2D eigenvalue weighted by Crippen LogP contribution is 2.30. The summed E-state index contributed by atoms with van der Waals surface area (Å²) >= 11 is 11.8. The number of aromatic amines is 1. The predicted octanol–water partition coefficient (Wildman–Crippen LogP) is 3.78. The molecule has 0 spiro atoms. The van der Waals surface area contributed by atoms with Gasteiger partial charge < -0.3 is 9.72 Å². The molecule has 17 heavy (non-hydrogen) atoms. The SMILES string of the molecule is COC(=O)c1c[nH]cc1-c1ccc(Cl)c(Cl)c1. The van der Waals surface area contributed by atoms with E-state index in [9.17, 15) is 4.79 Å². The lowest BCUT2D eigenvalue weighted by atomic mass is 10.1. The summed E-state index contributed by atoms with van der Waals surface area (Å²) in [7, 11) is 1.34. The van der Waals surface area contributed by atoms with Crippen molar-refractivity contribution in [1.82, 2.24) is 4.98 Å². The number of carbonyl (C=O) groups is 1. The molecule has 1 heterocycles. The third-order valence-electron chi connectivity index (χ3n) is 2.38. The van der Waals surface area contributed by atoms with Crippen molar-refractivity contribution in [2.24, 2.45) is 0 Å². The molecule has 5 heteroatoms. The Kier molecular flexibility index (Phi) is 3.41. The Morgan fingerprint density at radius 2 is 2.00 bits per heavy atom. The van der Waals surface area contributed by atoms with Crippen LogP contribution in [0.1, 0.15) is 10.4 Å². The number of rotatable bonds is 2. The van der Waals surface area contributed by atoms with Crippen molar-refractivity contribution < 1.29 is 9.53 Å². The molecule has 1 aromatic carbocycles. The molecule has 0 unspecified atom stereocenters. The van der Waals surface area contributed by atoms with Crippen molar-refractivity contribution in [3.8, 4) is 11.1 Å². The zero-order valence-corrected chi connectivity index (χ0v) is 10.5. The molecule has 0 aliphatic heterocycles. The fraction of sp³-hybridized carbons (Fsp3) is 0.0833. The van der Waals surface area contributed by atoms with Gasteiger partial charge in [-0.15, -0.1) is 0 Å². The molecule has 1 aromatic heterocycles. The van der Waals surface area contributed by atoms with Crippen LogP contribution >= 0.6 is 23.2 Å². The van der Waals surface area contributed by atoms with E-state index >= 15 is 0 Å². The van der Waals surface area contributed by atoms with Crippen LogP contribution in [0.5, 0.6) is 0 Å². The lowest BCUT2D eigenvalue weighted by molar-refractivity contribution is 0.0602. The Hall–Kier alpha value is -1.45. The summed E-state index contributed by atoms with van der Waals surface area (Å²) in [6.07, 6.45) is 3.30. The van der Waals surface area contributed by atoms with Gasteiger partial charge in [-0.05, 0) is 17.7 Å². The Morgan fingerprint density at radius 3 is 2.65 bits per heavy atom. The first-order chi connectivity index (χ1) is 8.13. The topological polar surface area (TPSA) is 42.1 Å². The maximum Gasteiger partial charge on any atom is 0.340 e. The first kappa shape index (κ1) is 12.0. The van der Waals surface area contributed by atoms with Crippen molar-refractivity contribution >= 4 is 29.2 Å². The van der Waals surface area contributed by atoms with Gasteiger partial charge in [0.15, 0.2) is 0 Å². The molecule has 0 radical (unpaired) electrons. The van der Waals surface area contributed by atoms with Gasteiger partial charge in [0.25, 0.3) is 0 Å². The van der Waals surface area contributed by atoms with Crippen LogP contribution in [0.15, 0.2) is 30.6 Å². The minimum atomic E-state index is -0.396. The summed E-state index contributed by atoms with van der Waals surface area (Å²) in [5, 5.41) is 0.923. The summed E-state index contributed by atoms with van der Waals surface area (Å²) in [5.74, 6) is -0.396. The number of carbonyl (C=O) groups excluding carboxylic acids is 1. The fourth-order valence-corrected chi connectivity index (χ4v) is 1.84. The number of nitrogens with one attached hydrogen (secondary N) is 1. The van der Waals surface area contributed by atoms with Crippen LogP contribution in [0.3, 0.4) is 0 Å². The normalized spacial score (nSPS) is 10.3. The van der Waals surface area contributed by atoms with Gasteiger partial charge in [-0.3, -0.25) is 0 Å². The lowest BCUT2D eigenvalue weighted by Crippen LogP contribution is -2.00. The van der Waals surface area contributed by atoms with Gasteiger partial charge >= 0.3 is 5.97 Å². The first-order valence-corrected chi connectivity index (χ1v) is 5.59. The van der Waals surface area contributed by atoms with Gasteiger partial charge in [0.1, 0.15) is 0 Å². The van der Waals surface area contributed by atoms with Crippen molar-refractivity contribution in [1.29, 1.82) is 0 Å². The molecule has 2 aromatic rings. The van der Waals surface area contributed by atoms with Crippen LogP contribution in [0.2, 0.25) is 10.0 Å². The maximum absolute atomic E-state index is 11.5. The van der Waals surface area contributed by atoms with Crippen molar-refractivity contribution in [2.75, 3.05) is 7.11 Å². The Labute approximate surface area is 108 Å². The number of hydrogen-bond acceptors (Lipinski definition) is 2. The van der Waals surface area contributed by atoms with Gasteiger partial charge in [0.2, 0.25) is 0 Å². The summed E-state index contributed by atoms with van der Waals surface area (Å²) in [6.45, 7) is 0. The summed E-state index contributed by atoms with van der Waals surface area (Å²) in [6, 6.07) is 5.19. The molecular formula is C12H9Cl2NO2. The standard InChI is InChI=1S/C12H9Cl2NO2/c1-17-12(16)9-6-15-5-8(9)7-2-3-10(13)11(14)4-7/h2-6,15H,1H3. The van der Waals surface area contributed by atoms with Gasteiger partial charge in [-0.2, -0.15) is 0 Å². The summed E-state index contributed by atoms with van der Waals surface area (Å²) in [5.41, 5.74) is 2.00. The number of aromatic nitrogens is 1. The van der Waals surface area contributed by atoms with Gasteiger partial charge in [-0.1, -0.05) is 29.3 Å². The average Bonchev–Trinajstić information content (AvgIpc) is 2.80. The Morgan fingerprint density at radius 1 is 1.24 bits per heavy atom. The first-order valence-electron chi connectivity index (χ1n) is 4.84. The Bertz CT molecular complexity index is 563. The highest BCUT2D eigenvalue weighted by Gasteiger charge is 2.14. The molecule has 0 fully saturated rings. The number of hydrogen-bond donors (Lipinski definition) is 1. The third kappa shape index (κ3) is 2.30. The minimum absolute atomic E-state index is 0.396. The number of ether oxygens (including phenoxy) is 1. The molecular weight excluding hydrogens is 261 g/mol. The van der Waals surface area contributed by atoms with E-state index in [0.717, 1.165) is 11.1 Å². The molecule has 0 aliphatic rings. The monoisotopic (exact) mass is 269 g/mol. The van der Waals surface area contributed by atoms with E-state index in [-0.39, 0.29) is 0 Å². The maximum atomic E-state index is 11.5. The predicted molar refractivity (Wildman–Crippen MR) is 67.6 cm³/mol. The molecule has 1 N–H and O–H groups in total. The van der Waals surface area contributed by atoms with Crippen LogP contribution in [0.25, 0.3) is 11.1 Å². The second-order valence-corrected chi connectivity index (χ2v) is 4.22. The second-order valence-electron chi connectivity index (χ2n) is 3.40. The third-order valence-corrected chi connectivity index (χ3v) is 3.12. The van der Waals surface area contributed by atoms with Crippen LogP contribution < -0.4 is 0 Å². The van der Waals surface area contributed by atoms with Crippen LogP contribution in [0.4, 0.5) is 0 Å². The van der Waals surface area contributed by atoms with E-state index in [1.54, 1.807) is 30.6 Å². The van der Waals surface area contributed by atoms with E-state index in [2.05, 4.69) is 4.98 Å². The number of methoxy groups -OCH3 is 1. The highest BCUT2D eigenvalue weighted by molar-refractivity contribution is 6.42. The van der Waals surface area contributed by atoms with E-state index < -0.39 is 5.97 Å². The van der Waals surface area contributed by atoms with E-state index in [1.807, 2.05) is 0 Å². The lowest BCUT2D eigenvalue weighted by Gasteiger charge is -2.04. The molecule has 88 valence electrons. The number of esters is 1. The van der Waals surface area contributed by atoms with E-state index in [4.69, 9.17) is 27.9 Å². The zero-order chi connectivity index (χ0) is 12.4. The van der Waals surface area contributed by atoms with E-state index in [0.29, 0.717) is 15.6 Å². The highest BCUT2D eigenvalue weighted by atomic mass is 35.5. The fourth-order valence-electron chi connectivity index (χ4n) is 1.55. The Balaban J connectivity index is 2.50. The van der Waals surface area contributed by atoms with Crippen LogP contribution in [-0.2, 0) is 4.74 Å². The van der Waals surface area contributed by atoms with Crippen molar-refractivity contribution in [2.45, 2.75) is 0 Å². The minimum Gasteiger partial charge on any atom is -0.465 e. The van der Waals surface area contributed by atoms with Crippen LogP contribution in [-0.4, -0.2) is 18.1 Å².